The number of nitrogens with zero attached hydrogens (tertiary/aromatic N) is 4. The maximum atomic E-state index is 13.3. The number of nitrogens with one attached hydrogen (secondary N) is 1. The highest BCUT2D eigenvalue weighted by Gasteiger charge is 2.27. The van der Waals surface area contributed by atoms with Crippen LogP contribution in [-0.2, 0) is 25.7 Å². The van der Waals surface area contributed by atoms with Gasteiger partial charge in [0, 0.05) is 42.1 Å². The van der Waals surface area contributed by atoms with Gasteiger partial charge >= 0.3 is 12.3 Å². The van der Waals surface area contributed by atoms with Gasteiger partial charge in [0.2, 0.25) is 0 Å². The fraction of sp³-hybridized carbons (Fsp3) is 0.464. The Morgan fingerprint density at radius 2 is 1.81 bits per heavy atom. The van der Waals surface area contributed by atoms with Crippen LogP contribution >= 0.6 is 0 Å². The van der Waals surface area contributed by atoms with Crippen molar-refractivity contribution in [3.63, 3.8) is 0 Å². The van der Waals surface area contributed by atoms with Crippen LogP contribution in [0.1, 0.15) is 51.9 Å². The zero-order valence-corrected chi connectivity index (χ0v) is 24.0. The number of aromatic nitrogens is 2. The molecule has 1 aliphatic heterocycles. The molecule has 0 bridgehead atoms. The van der Waals surface area contributed by atoms with Gasteiger partial charge in [-0.05, 0) is 44.9 Å². The second-order valence-corrected chi connectivity index (χ2v) is 10.4. The Labute approximate surface area is 241 Å². The first-order valence-corrected chi connectivity index (χ1v) is 13.3. The Hall–Kier alpha value is -4.04. The lowest BCUT2D eigenvalue weighted by atomic mass is 10.0. The van der Waals surface area contributed by atoms with Crippen LogP contribution in [0.25, 0.3) is 17.2 Å². The molecular weight excluding hydrogens is 557 g/mol. The lowest BCUT2D eigenvalue weighted by Crippen LogP contribution is -2.35. The van der Waals surface area contributed by atoms with Crippen LogP contribution < -0.4 is 11.1 Å². The highest BCUT2D eigenvalue weighted by molar-refractivity contribution is 6.05. The molecule has 0 spiro atoms. The second kappa shape index (κ2) is 14.2. The smallest absolute Gasteiger partial charge is 0.411 e. The van der Waals surface area contributed by atoms with Crippen molar-refractivity contribution in [2.75, 3.05) is 26.4 Å². The van der Waals surface area contributed by atoms with E-state index in [0.717, 1.165) is 10.6 Å². The molecule has 0 saturated carbocycles. The molecule has 0 radical (unpaired) electrons. The predicted molar refractivity (Wildman–Crippen MR) is 149 cm³/mol. The highest BCUT2D eigenvalue weighted by atomic mass is 19.4. The number of amides is 2. The number of carbonyl (C=O) groups excluding carboxylic acids is 2. The molecule has 1 aromatic heterocycles. The van der Waals surface area contributed by atoms with Crippen LogP contribution in [0, 0.1) is 0 Å². The molecule has 14 heteroatoms. The topological polar surface area (TPSA) is 141 Å². The molecule has 1 aromatic carbocycles. The molecule has 2 heterocycles. The number of amidine groups is 1. The minimum Gasteiger partial charge on any atom is -0.444 e. The molecular formula is C28H35F3N6O5. The van der Waals surface area contributed by atoms with Crippen molar-refractivity contribution < 1.29 is 37.1 Å². The van der Waals surface area contributed by atoms with Crippen molar-refractivity contribution in [1.29, 1.82) is 0 Å². The van der Waals surface area contributed by atoms with Gasteiger partial charge < -0.3 is 20.5 Å². The van der Waals surface area contributed by atoms with Crippen molar-refractivity contribution in [3.8, 4) is 11.1 Å². The summed E-state index contributed by atoms with van der Waals surface area (Å²) in [7, 11) is 0. The Morgan fingerprint density at radius 1 is 1.10 bits per heavy atom. The van der Waals surface area contributed by atoms with E-state index in [9.17, 15) is 22.8 Å². The number of hydrogen-bond acceptors (Lipinski definition) is 9. The third-order valence-corrected chi connectivity index (χ3v) is 5.49. The van der Waals surface area contributed by atoms with E-state index in [2.05, 4.69) is 25.0 Å². The Bertz CT molecular complexity index is 1310. The normalized spacial score (nSPS) is 13.4. The molecule has 0 fully saturated rings. The van der Waals surface area contributed by atoms with Gasteiger partial charge in [0.1, 0.15) is 23.9 Å². The zero-order valence-electron chi connectivity index (χ0n) is 24.0. The second-order valence-electron chi connectivity index (χ2n) is 10.4. The summed E-state index contributed by atoms with van der Waals surface area (Å²) in [6.07, 6.45) is 0.511. The molecule has 2 amide bonds. The quantitative estimate of drug-likeness (QED) is 0.283. The molecule has 3 rings (SSSR count). The van der Waals surface area contributed by atoms with Crippen LogP contribution in [0.5, 0.6) is 0 Å². The third-order valence-electron chi connectivity index (χ3n) is 5.49. The Balaban J connectivity index is 1.70. The number of hydroxylamine groups is 2. The molecule has 0 saturated heterocycles. The third kappa shape index (κ3) is 10.4. The van der Waals surface area contributed by atoms with Gasteiger partial charge in [0.05, 0.1) is 25.4 Å². The number of hydrogen-bond donors (Lipinski definition) is 2. The van der Waals surface area contributed by atoms with Crippen LogP contribution in [0.3, 0.4) is 0 Å². The van der Waals surface area contributed by atoms with Crippen molar-refractivity contribution in [2.24, 2.45) is 10.7 Å². The fourth-order valence-electron chi connectivity index (χ4n) is 3.75. The molecule has 0 aliphatic carbocycles. The van der Waals surface area contributed by atoms with E-state index >= 15 is 0 Å². The van der Waals surface area contributed by atoms with E-state index in [1.165, 1.54) is 0 Å². The van der Waals surface area contributed by atoms with Gasteiger partial charge in [-0.3, -0.25) is 9.63 Å². The highest BCUT2D eigenvalue weighted by Crippen LogP contribution is 2.31. The Morgan fingerprint density at radius 3 is 2.45 bits per heavy atom. The number of carbonyl (C=O) groups is 2. The van der Waals surface area contributed by atoms with Crippen molar-refractivity contribution in [3.05, 3.63) is 47.6 Å². The number of ether oxygens (including phenoxy) is 2. The van der Waals surface area contributed by atoms with Gasteiger partial charge in [-0.15, -0.1) is 0 Å². The first-order chi connectivity index (χ1) is 19.7. The maximum absolute atomic E-state index is 13.3. The number of nitrogens with two attached hydrogens (primary N) is 1. The minimum atomic E-state index is -4.44. The van der Waals surface area contributed by atoms with Crippen LogP contribution in [-0.4, -0.2) is 71.0 Å². The molecule has 2 aromatic rings. The molecule has 0 atom stereocenters. The van der Waals surface area contributed by atoms with E-state index < -0.39 is 30.4 Å². The number of fused-ring (bicyclic) bond motifs is 1. The average molecular weight is 593 g/mol. The van der Waals surface area contributed by atoms with Crippen molar-refractivity contribution in [2.45, 2.75) is 58.9 Å². The van der Waals surface area contributed by atoms with Crippen LogP contribution in [0.4, 0.5) is 23.7 Å². The first-order valence-electron chi connectivity index (χ1n) is 13.3. The van der Waals surface area contributed by atoms with Gasteiger partial charge in [-0.1, -0.05) is 19.1 Å². The number of halogens is 3. The standard InChI is InChI=1S/C28H35F3N6O5/c1-5-8-37(41-10-9-40-17-28(29,30)31)25(38)20-11-19-7-6-18(12-22(19)36-23(32)13-20)21-14-33-24(34-15-21)16-35-26(39)42-27(2,3)4/h6-7,11-12,14-15H,5,8-10,13,16-17H2,1-4H3,(H2,32,36)(H,35,39). The van der Waals surface area contributed by atoms with Gasteiger partial charge in [-0.2, -0.15) is 13.2 Å². The zero-order chi connectivity index (χ0) is 30.9. The minimum absolute atomic E-state index is 0.0550. The van der Waals surface area contributed by atoms with Crippen LogP contribution in [0.2, 0.25) is 0 Å². The van der Waals surface area contributed by atoms with Gasteiger partial charge in [0.15, 0.2) is 0 Å². The van der Waals surface area contributed by atoms with Gasteiger partial charge in [0.25, 0.3) is 5.91 Å². The largest absolute Gasteiger partial charge is 0.444 e. The number of alkyl halides is 3. The fourth-order valence-corrected chi connectivity index (χ4v) is 3.75. The molecule has 11 nitrogen and oxygen atoms in total. The summed E-state index contributed by atoms with van der Waals surface area (Å²) >= 11 is 0. The summed E-state index contributed by atoms with van der Waals surface area (Å²) in [5, 5.41) is 3.71. The van der Waals surface area contributed by atoms with Crippen molar-refractivity contribution in [1.82, 2.24) is 20.3 Å². The summed E-state index contributed by atoms with van der Waals surface area (Å²) in [5.74, 6) is 0.139. The van der Waals surface area contributed by atoms with E-state index in [-0.39, 0.29) is 38.6 Å². The van der Waals surface area contributed by atoms with E-state index in [1.54, 1.807) is 51.4 Å². The monoisotopic (exact) mass is 592 g/mol. The maximum Gasteiger partial charge on any atom is 0.411 e. The molecule has 3 N–H and O–H groups in total. The summed E-state index contributed by atoms with van der Waals surface area (Å²) in [4.78, 5) is 43.6. The molecule has 1 aliphatic rings. The lowest BCUT2D eigenvalue weighted by molar-refractivity contribution is -0.201. The van der Waals surface area contributed by atoms with Crippen LogP contribution in [0.15, 0.2) is 41.2 Å². The molecule has 42 heavy (non-hydrogen) atoms. The van der Waals surface area contributed by atoms with Crippen molar-refractivity contribution >= 4 is 29.6 Å². The SMILES string of the molecule is CCCN(OCCOCC(F)(F)F)C(=O)C1=Cc2ccc(-c3cnc(CNC(=O)OC(C)(C)C)nc3)cc2N=C(N)C1. The summed E-state index contributed by atoms with van der Waals surface area (Å²) in [6.45, 7) is 5.52. The number of rotatable bonds is 11. The van der Waals surface area contributed by atoms with Gasteiger partial charge in [-0.25, -0.2) is 24.8 Å². The first kappa shape index (κ1) is 32.5. The number of benzene rings is 1. The van der Waals surface area contributed by atoms with E-state index in [1.807, 2.05) is 13.0 Å². The Kier molecular flexibility index (Phi) is 11.0. The average Bonchev–Trinajstić information content (AvgIpc) is 3.07. The summed E-state index contributed by atoms with van der Waals surface area (Å²) < 4.78 is 46.6. The number of alkyl carbamates (subject to hydrolysis) is 1. The van der Waals surface area contributed by atoms with E-state index in [0.29, 0.717) is 34.6 Å². The number of aliphatic imine (C=N–C) groups is 1. The summed E-state index contributed by atoms with van der Waals surface area (Å²) in [5.41, 5.74) is 8.48. The molecule has 228 valence electrons. The predicted octanol–water partition coefficient (Wildman–Crippen LogP) is 4.69. The van der Waals surface area contributed by atoms with E-state index in [4.69, 9.17) is 15.3 Å². The summed E-state index contributed by atoms with van der Waals surface area (Å²) in [6, 6.07) is 5.40. The lowest BCUT2D eigenvalue weighted by Gasteiger charge is -2.22. The molecule has 0 unspecified atom stereocenters.